The molecule has 0 aliphatic carbocycles. The molecule has 0 N–H and O–H groups in total. The Bertz CT molecular complexity index is 1380. The summed E-state index contributed by atoms with van der Waals surface area (Å²) in [5.41, 5.74) is 4.70. The van der Waals surface area contributed by atoms with Gasteiger partial charge in [0.1, 0.15) is 11.6 Å². The quantitative estimate of drug-likeness (QED) is 0.334. The molecule has 0 unspecified atom stereocenters. The average Bonchev–Trinajstić information content (AvgIpc) is 3.05. The van der Waals surface area contributed by atoms with Crippen molar-refractivity contribution in [2.75, 3.05) is 0 Å². The molecule has 0 saturated carbocycles. The monoisotopic (exact) mass is 491 g/mol. The van der Waals surface area contributed by atoms with Gasteiger partial charge in [-0.05, 0) is 69.2 Å². The van der Waals surface area contributed by atoms with Crippen LogP contribution in [0.25, 0.3) is 16.7 Å². The molecule has 0 aliphatic heterocycles. The van der Waals surface area contributed by atoms with Crippen LogP contribution >= 0.6 is 15.9 Å². The third kappa shape index (κ3) is 4.30. The molecule has 164 valence electrons. The van der Waals surface area contributed by atoms with Crippen LogP contribution in [0.15, 0.2) is 57.0 Å². The van der Waals surface area contributed by atoms with E-state index in [2.05, 4.69) is 56.6 Å². The predicted molar refractivity (Wildman–Crippen MR) is 133 cm³/mol. The summed E-state index contributed by atoms with van der Waals surface area (Å²) in [6, 6.07) is 11.7. The summed E-state index contributed by atoms with van der Waals surface area (Å²) >= 11 is 3.45. The topological polar surface area (TPSA) is 65.1 Å². The zero-order valence-corrected chi connectivity index (χ0v) is 20.3. The molecule has 7 heteroatoms. The first-order valence-electron chi connectivity index (χ1n) is 10.8. The largest absolute Gasteiger partial charge is 0.303 e. The Morgan fingerprint density at radius 2 is 1.94 bits per heavy atom. The SMILES string of the molecule is CCCCc1nc2ccc(Br)cc2c(=O)n1N=Cc1cc(C)n(-c2cc(C)ccn2)c1C. The van der Waals surface area contributed by atoms with E-state index in [9.17, 15) is 4.79 Å². The molecular weight excluding hydrogens is 466 g/mol. The maximum absolute atomic E-state index is 13.3. The number of rotatable bonds is 6. The van der Waals surface area contributed by atoms with Gasteiger partial charge in [0.15, 0.2) is 0 Å². The van der Waals surface area contributed by atoms with Gasteiger partial charge in [0.05, 0.1) is 17.1 Å². The molecule has 1 aromatic carbocycles. The Balaban J connectivity index is 1.81. The molecule has 3 aromatic heterocycles. The first-order valence-corrected chi connectivity index (χ1v) is 11.6. The number of nitrogens with zero attached hydrogens (tertiary/aromatic N) is 5. The lowest BCUT2D eigenvalue weighted by atomic mass is 10.2. The Morgan fingerprint density at radius 3 is 2.69 bits per heavy atom. The minimum Gasteiger partial charge on any atom is -0.303 e. The Morgan fingerprint density at radius 1 is 1.12 bits per heavy atom. The fraction of sp³-hybridized carbons (Fsp3) is 0.280. The van der Waals surface area contributed by atoms with Crippen LogP contribution in [-0.4, -0.2) is 25.4 Å². The minimum absolute atomic E-state index is 0.159. The van der Waals surface area contributed by atoms with Gasteiger partial charge in [-0.3, -0.25) is 4.79 Å². The number of unbranched alkanes of at least 4 members (excludes halogenated alkanes) is 1. The molecule has 0 amide bonds. The minimum atomic E-state index is -0.159. The van der Waals surface area contributed by atoms with Gasteiger partial charge < -0.3 is 4.57 Å². The van der Waals surface area contributed by atoms with Crippen molar-refractivity contribution in [2.24, 2.45) is 5.10 Å². The maximum atomic E-state index is 13.3. The molecule has 0 saturated heterocycles. The first-order chi connectivity index (χ1) is 15.4. The van der Waals surface area contributed by atoms with Crippen molar-refractivity contribution in [3.63, 3.8) is 0 Å². The van der Waals surface area contributed by atoms with Crippen molar-refractivity contribution in [1.29, 1.82) is 0 Å². The lowest BCUT2D eigenvalue weighted by molar-refractivity contribution is 0.675. The van der Waals surface area contributed by atoms with Crippen molar-refractivity contribution in [1.82, 2.24) is 19.2 Å². The van der Waals surface area contributed by atoms with E-state index in [1.807, 2.05) is 38.2 Å². The Kier molecular flexibility index (Phi) is 6.37. The molecule has 6 nitrogen and oxygen atoms in total. The number of aryl methyl sites for hydroxylation is 3. The van der Waals surface area contributed by atoms with E-state index in [0.717, 1.165) is 45.6 Å². The lowest BCUT2D eigenvalue weighted by Crippen LogP contribution is -2.22. The van der Waals surface area contributed by atoms with Gasteiger partial charge in [0.2, 0.25) is 0 Å². The number of aromatic nitrogens is 4. The number of benzene rings is 1. The molecular formula is C25H26BrN5O. The second-order valence-electron chi connectivity index (χ2n) is 8.01. The molecule has 3 heterocycles. The zero-order chi connectivity index (χ0) is 22.8. The third-order valence-corrected chi connectivity index (χ3v) is 6.04. The van der Waals surface area contributed by atoms with Crippen molar-refractivity contribution < 1.29 is 0 Å². The molecule has 0 spiro atoms. The second kappa shape index (κ2) is 9.20. The van der Waals surface area contributed by atoms with Gasteiger partial charge in [-0.1, -0.05) is 29.3 Å². The second-order valence-corrected chi connectivity index (χ2v) is 8.92. The number of hydrogen-bond acceptors (Lipinski definition) is 4. The number of fused-ring (bicyclic) bond motifs is 1. The first kappa shape index (κ1) is 22.1. The maximum Gasteiger partial charge on any atom is 0.282 e. The molecule has 4 aromatic rings. The van der Waals surface area contributed by atoms with E-state index in [1.165, 1.54) is 4.68 Å². The normalized spacial score (nSPS) is 11.7. The molecule has 32 heavy (non-hydrogen) atoms. The number of hydrogen-bond donors (Lipinski definition) is 0. The van der Waals surface area contributed by atoms with Crippen LogP contribution in [0.1, 0.15) is 48.1 Å². The fourth-order valence-electron chi connectivity index (χ4n) is 3.84. The summed E-state index contributed by atoms with van der Waals surface area (Å²) in [5.74, 6) is 1.55. The Labute approximate surface area is 195 Å². The van der Waals surface area contributed by atoms with Crippen LogP contribution in [0.5, 0.6) is 0 Å². The van der Waals surface area contributed by atoms with Gasteiger partial charge in [-0.25, -0.2) is 9.97 Å². The summed E-state index contributed by atoms with van der Waals surface area (Å²) in [4.78, 5) is 22.5. The van der Waals surface area contributed by atoms with Crippen LogP contribution in [0.4, 0.5) is 0 Å². The smallest absolute Gasteiger partial charge is 0.282 e. The van der Waals surface area contributed by atoms with Gasteiger partial charge in [0.25, 0.3) is 5.56 Å². The molecule has 0 fully saturated rings. The van der Waals surface area contributed by atoms with Gasteiger partial charge >= 0.3 is 0 Å². The van der Waals surface area contributed by atoms with E-state index >= 15 is 0 Å². The highest BCUT2D eigenvalue weighted by atomic mass is 79.9. The summed E-state index contributed by atoms with van der Waals surface area (Å²) in [7, 11) is 0. The number of halogens is 1. The highest BCUT2D eigenvalue weighted by Gasteiger charge is 2.13. The van der Waals surface area contributed by atoms with E-state index < -0.39 is 0 Å². The van der Waals surface area contributed by atoms with E-state index in [4.69, 9.17) is 4.98 Å². The average molecular weight is 492 g/mol. The van der Waals surface area contributed by atoms with Crippen molar-refractivity contribution >= 4 is 33.0 Å². The molecule has 0 bridgehead atoms. The fourth-order valence-corrected chi connectivity index (χ4v) is 4.20. The molecule has 4 rings (SSSR count). The van der Waals surface area contributed by atoms with Crippen molar-refractivity contribution in [3.8, 4) is 5.82 Å². The number of pyridine rings is 1. The standard InChI is InChI=1S/C25H26BrN5O/c1-5-6-7-23-29-22-9-8-20(26)14-21(22)25(32)31(23)28-15-19-13-17(3)30(18(19)4)24-12-16(2)10-11-27-24/h8-15H,5-7H2,1-4H3. The molecule has 0 radical (unpaired) electrons. The zero-order valence-electron chi connectivity index (χ0n) is 18.8. The molecule has 0 aliphatic rings. The van der Waals surface area contributed by atoms with Crippen molar-refractivity contribution in [2.45, 2.75) is 47.0 Å². The van der Waals surface area contributed by atoms with E-state index in [0.29, 0.717) is 23.1 Å². The summed E-state index contributed by atoms with van der Waals surface area (Å²) in [5, 5.41) is 5.15. The van der Waals surface area contributed by atoms with Crippen LogP contribution in [-0.2, 0) is 6.42 Å². The van der Waals surface area contributed by atoms with Gasteiger partial charge in [0, 0.05) is 34.0 Å². The van der Waals surface area contributed by atoms with E-state index in [1.54, 1.807) is 12.3 Å². The molecule has 0 atom stereocenters. The van der Waals surface area contributed by atoms with Crippen LogP contribution in [0, 0.1) is 20.8 Å². The summed E-state index contributed by atoms with van der Waals surface area (Å²) < 4.78 is 4.39. The van der Waals surface area contributed by atoms with Gasteiger partial charge in [-0.2, -0.15) is 9.78 Å². The van der Waals surface area contributed by atoms with Crippen LogP contribution in [0.2, 0.25) is 0 Å². The van der Waals surface area contributed by atoms with Crippen LogP contribution in [0.3, 0.4) is 0 Å². The van der Waals surface area contributed by atoms with Crippen LogP contribution < -0.4 is 5.56 Å². The summed E-state index contributed by atoms with van der Waals surface area (Å²) in [6.45, 7) is 8.26. The van der Waals surface area contributed by atoms with Gasteiger partial charge in [-0.15, -0.1) is 0 Å². The van der Waals surface area contributed by atoms with Crippen molar-refractivity contribution in [3.05, 3.63) is 85.8 Å². The predicted octanol–water partition coefficient (Wildman–Crippen LogP) is 5.49. The highest BCUT2D eigenvalue weighted by Crippen LogP contribution is 2.20. The third-order valence-electron chi connectivity index (χ3n) is 5.54. The Hall–Kier alpha value is -3.06. The lowest BCUT2D eigenvalue weighted by Gasteiger charge is -2.10. The summed E-state index contributed by atoms with van der Waals surface area (Å²) in [6.07, 6.45) is 6.22. The van der Waals surface area contributed by atoms with E-state index in [-0.39, 0.29) is 5.56 Å². The highest BCUT2D eigenvalue weighted by molar-refractivity contribution is 9.10.